The zero-order valence-corrected chi connectivity index (χ0v) is 14.9. The summed E-state index contributed by atoms with van der Waals surface area (Å²) in [6, 6.07) is 7.30. The number of aromatic nitrogens is 3. The van der Waals surface area contributed by atoms with Gasteiger partial charge in [0.1, 0.15) is 6.61 Å². The molecule has 9 nitrogen and oxygen atoms in total. The van der Waals surface area contributed by atoms with Crippen molar-refractivity contribution in [2.24, 2.45) is 0 Å². The minimum Gasteiger partial charge on any atom is -0.479 e. The van der Waals surface area contributed by atoms with E-state index in [1.807, 2.05) is 18.2 Å². The Morgan fingerprint density at radius 3 is 2.93 bits per heavy atom. The normalized spacial score (nSPS) is 15.6. The van der Waals surface area contributed by atoms with Crippen LogP contribution in [0.5, 0.6) is 5.88 Å². The highest BCUT2D eigenvalue weighted by Crippen LogP contribution is 2.34. The van der Waals surface area contributed by atoms with Gasteiger partial charge in [0.25, 0.3) is 17.7 Å². The summed E-state index contributed by atoms with van der Waals surface area (Å²) in [6.07, 6.45) is 1.65. The molecule has 1 N–H and O–H groups in total. The van der Waals surface area contributed by atoms with Crippen LogP contribution in [-0.2, 0) is 17.8 Å². The second-order valence-electron chi connectivity index (χ2n) is 6.16. The standard InChI is InChI=1S/C18H18N4O5/c1-24-9-16-20-17(22-27-16)11-3-5-12-10(7-11)4-6-13(12)19-18(23)14-8-15(25-2)21-26-14/h3,5,7-8,13H,4,6,9H2,1-2H3,(H,19,23). The molecule has 4 rings (SSSR count). The van der Waals surface area contributed by atoms with E-state index in [4.69, 9.17) is 18.5 Å². The first-order valence-corrected chi connectivity index (χ1v) is 8.44. The molecule has 0 bridgehead atoms. The molecule has 1 aromatic carbocycles. The predicted octanol–water partition coefficient (Wildman–Crippen LogP) is 2.30. The molecule has 1 amide bonds. The number of ether oxygens (including phenoxy) is 2. The average molecular weight is 370 g/mol. The van der Waals surface area contributed by atoms with Gasteiger partial charge in [-0.1, -0.05) is 17.3 Å². The van der Waals surface area contributed by atoms with E-state index in [2.05, 4.69) is 20.6 Å². The highest BCUT2D eigenvalue weighted by Gasteiger charge is 2.26. The topological polar surface area (TPSA) is 113 Å². The van der Waals surface area contributed by atoms with E-state index in [0.717, 1.165) is 29.5 Å². The molecule has 0 fully saturated rings. The summed E-state index contributed by atoms with van der Waals surface area (Å²) < 4.78 is 20.1. The number of nitrogens with zero attached hydrogens (tertiary/aromatic N) is 3. The fraction of sp³-hybridized carbons (Fsp3) is 0.333. The molecule has 0 radical (unpaired) electrons. The molecule has 0 saturated carbocycles. The number of hydrogen-bond acceptors (Lipinski definition) is 8. The van der Waals surface area contributed by atoms with Crippen molar-refractivity contribution >= 4 is 5.91 Å². The quantitative estimate of drug-likeness (QED) is 0.703. The fourth-order valence-corrected chi connectivity index (χ4v) is 3.15. The van der Waals surface area contributed by atoms with E-state index in [-0.39, 0.29) is 30.2 Å². The number of fused-ring (bicyclic) bond motifs is 1. The molecule has 140 valence electrons. The summed E-state index contributed by atoms with van der Waals surface area (Å²) in [5.74, 6) is 1.01. The molecule has 27 heavy (non-hydrogen) atoms. The SMILES string of the molecule is COCc1nc(-c2ccc3c(c2)CCC3NC(=O)c2cc(OC)no2)no1. The summed E-state index contributed by atoms with van der Waals surface area (Å²) in [7, 11) is 3.04. The zero-order chi connectivity index (χ0) is 18.8. The molecule has 9 heteroatoms. The lowest BCUT2D eigenvalue weighted by atomic mass is 10.0. The van der Waals surface area contributed by atoms with E-state index >= 15 is 0 Å². The second kappa shape index (κ2) is 7.20. The number of aryl methyl sites for hydroxylation is 1. The Morgan fingerprint density at radius 2 is 2.15 bits per heavy atom. The summed E-state index contributed by atoms with van der Waals surface area (Å²) in [6.45, 7) is 0.276. The Balaban J connectivity index is 1.49. The number of carbonyl (C=O) groups is 1. The summed E-state index contributed by atoms with van der Waals surface area (Å²) in [5, 5.41) is 10.6. The number of benzene rings is 1. The van der Waals surface area contributed by atoms with Gasteiger partial charge in [-0.2, -0.15) is 4.98 Å². The molecule has 0 aliphatic heterocycles. The van der Waals surface area contributed by atoms with Gasteiger partial charge in [-0.3, -0.25) is 4.79 Å². The van der Waals surface area contributed by atoms with Crippen molar-refractivity contribution in [3.8, 4) is 17.3 Å². The van der Waals surface area contributed by atoms with Gasteiger partial charge < -0.3 is 23.8 Å². The van der Waals surface area contributed by atoms with Crippen molar-refractivity contribution in [1.29, 1.82) is 0 Å². The van der Waals surface area contributed by atoms with Gasteiger partial charge in [-0.05, 0) is 35.2 Å². The highest BCUT2D eigenvalue weighted by atomic mass is 16.5. The van der Waals surface area contributed by atoms with Crippen LogP contribution in [0.1, 0.15) is 40.0 Å². The maximum atomic E-state index is 12.3. The number of carbonyl (C=O) groups excluding carboxylic acids is 1. The molecule has 1 atom stereocenters. The maximum Gasteiger partial charge on any atom is 0.290 e. The minimum absolute atomic E-state index is 0.0908. The van der Waals surface area contributed by atoms with Gasteiger partial charge in [0.2, 0.25) is 11.6 Å². The summed E-state index contributed by atoms with van der Waals surface area (Å²) in [4.78, 5) is 16.7. The fourth-order valence-electron chi connectivity index (χ4n) is 3.15. The number of hydrogen-bond donors (Lipinski definition) is 1. The van der Waals surface area contributed by atoms with Crippen molar-refractivity contribution in [3.63, 3.8) is 0 Å². The van der Waals surface area contributed by atoms with Gasteiger partial charge in [0.15, 0.2) is 0 Å². The Labute approximate surface area is 154 Å². The van der Waals surface area contributed by atoms with Gasteiger partial charge in [0.05, 0.1) is 19.2 Å². The predicted molar refractivity (Wildman–Crippen MR) is 92.0 cm³/mol. The molecule has 2 aromatic heterocycles. The number of amides is 1. The summed E-state index contributed by atoms with van der Waals surface area (Å²) in [5.41, 5.74) is 3.08. The molecular weight excluding hydrogens is 352 g/mol. The van der Waals surface area contributed by atoms with Crippen LogP contribution in [0.15, 0.2) is 33.3 Å². The summed E-state index contributed by atoms with van der Waals surface area (Å²) >= 11 is 0. The smallest absolute Gasteiger partial charge is 0.290 e. The minimum atomic E-state index is -0.324. The first-order chi connectivity index (χ1) is 13.2. The first-order valence-electron chi connectivity index (χ1n) is 8.44. The maximum absolute atomic E-state index is 12.3. The van der Waals surface area contributed by atoms with Gasteiger partial charge in [0, 0.05) is 12.7 Å². The molecule has 0 spiro atoms. The lowest BCUT2D eigenvalue weighted by molar-refractivity contribution is 0.0899. The van der Waals surface area contributed by atoms with Crippen LogP contribution in [0.4, 0.5) is 0 Å². The molecule has 0 saturated heterocycles. The first kappa shape index (κ1) is 17.2. The van der Waals surface area contributed by atoms with Crippen LogP contribution >= 0.6 is 0 Å². The van der Waals surface area contributed by atoms with Crippen molar-refractivity contribution in [1.82, 2.24) is 20.6 Å². The molecule has 3 aromatic rings. The number of methoxy groups -OCH3 is 2. The largest absolute Gasteiger partial charge is 0.479 e. The highest BCUT2D eigenvalue weighted by molar-refractivity contribution is 5.92. The van der Waals surface area contributed by atoms with Crippen LogP contribution in [0.25, 0.3) is 11.4 Å². The van der Waals surface area contributed by atoms with Crippen LogP contribution in [0.3, 0.4) is 0 Å². The lowest BCUT2D eigenvalue weighted by Crippen LogP contribution is -2.26. The van der Waals surface area contributed by atoms with E-state index < -0.39 is 0 Å². The third-order valence-corrected chi connectivity index (χ3v) is 4.44. The third-order valence-electron chi connectivity index (χ3n) is 4.44. The Hall–Kier alpha value is -3.20. The van der Waals surface area contributed by atoms with Gasteiger partial charge >= 0.3 is 0 Å². The second-order valence-corrected chi connectivity index (χ2v) is 6.16. The molecular formula is C18H18N4O5. The Morgan fingerprint density at radius 1 is 1.26 bits per heavy atom. The van der Waals surface area contributed by atoms with Crippen LogP contribution < -0.4 is 10.1 Å². The van der Waals surface area contributed by atoms with Gasteiger partial charge in [-0.25, -0.2) is 0 Å². The Kier molecular flexibility index (Phi) is 4.59. The van der Waals surface area contributed by atoms with Gasteiger partial charge in [-0.15, -0.1) is 0 Å². The van der Waals surface area contributed by atoms with Crippen molar-refractivity contribution in [3.05, 3.63) is 47.0 Å². The monoisotopic (exact) mass is 370 g/mol. The van der Waals surface area contributed by atoms with Crippen molar-refractivity contribution in [2.75, 3.05) is 14.2 Å². The number of rotatable bonds is 6. The van der Waals surface area contributed by atoms with E-state index in [1.54, 1.807) is 7.11 Å². The van der Waals surface area contributed by atoms with E-state index in [0.29, 0.717) is 11.7 Å². The Bertz CT molecular complexity index is 964. The third kappa shape index (κ3) is 3.41. The van der Waals surface area contributed by atoms with E-state index in [9.17, 15) is 4.79 Å². The molecule has 1 unspecified atom stereocenters. The van der Waals surface area contributed by atoms with Crippen LogP contribution in [0.2, 0.25) is 0 Å². The number of nitrogens with one attached hydrogen (secondary N) is 1. The molecule has 1 aliphatic carbocycles. The lowest BCUT2D eigenvalue weighted by Gasteiger charge is -2.13. The van der Waals surface area contributed by atoms with Crippen LogP contribution in [-0.4, -0.2) is 35.4 Å². The van der Waals surface area contributed by atoms with E-state index in [1.165, 1.54) is 13.2 Å². The van der Waals surface area contributed by atoms with Crippen molar-refractivity contribution < 1.29 is 23.3 Å². The molecule has 1 aliphatic rings. The van der Waals surface area contributed by atoms with Crippen LogP contribution in [0, 0.1) is 0 Å². The molecule has 2 heterocycles. The average Bonchev–Trinajstić information content (AvgIpc) is 3.41. The van der Waals surface area contributed by atoms with Crippen molar-refractivity contribution in [2.45, 2.75) is 25.5 Å². The zero-order valence-electron chi connectivity index (χ0n) is 14.9.